The number of piperidine rings is 1. The molecule has 134 valence electrons. The fourth-order valence-electron chi connectivity index (χ4n) is 4.17. The van der Waals surface area contributed by atoms with Gasteiger partial charge in [-0.05, 0) is 43.7 Å². The number of carbonyl (C=O) groups excluding carboxylic acids is 2. The molecule has 1 saturated carbocycles. The fraction of sp³-hybridized carbons (Fsp3) is 0.579. The molecule has 5 rings (SSSR count). The van der Waals surface area contributed by atoms with Gasteiger partial charge in [0.1, 0.15) is 0 Å². The van der Waals surface area contributed by atoms with Crippen molar-refractivity contribution < 1.29 is 9.59 Å². The van der Waals surface area contributed by atoms with Crippen LogP contribution in [0, 0.1) is 11.8 Å². The van der Waals surface area contributed by atoms with Gasteiger partial charge < -0.3 is 15.1 Å². The van der Waals surface area contributed by atoms with E-state index >= 15 is 0 Å². The summed E-state index contributed by atoms with van der Waals surface area (Å²) in [5, 5.41) is 3.47. The van der Waals surface area contributed by atoms with E-state index in [0.717, 1.165) is 38.8 Å². The van der Waals surface area contributed by atoms with Gasteiger partial charge in [0.05, 0.1) is 16.8 Å². The van der Waals surface area contributed by atoms with Gasteiger partial charge in [-0.25, -0.2) is 4.79 Å². The first-order valence-electron chi connectivity index (χ1n) is 9.23. The first kappa shape index (κ1) is 16.7. The zero-order valence-corrected chi connectivity index (χ0v) is 15.0. The molecule has 0 radical (unpaired) electrons. The molecule has 4 aliphatic rings. The van der Waals surface area contributed by atoms with E-state index in [1.165, 1.54) is 6.42 Å². The van der Waals surface area contributed by atoms with Crippen molar-refractivity contribution in [2.45, 2.75) is 38.1 Å². The number of fused-ring (bicyclic) bond motifs is 4. The maximum atomic E-state index is 12.8. The Morgan fingerprint density at radius 2 is 1.84 bits per heavy atom. The number of hydrogen-bond donors (Lipinski definition) is 1. The van der Waals surface area contributed by atoms with Crippen molar-refractivity contribution >= 4 is 29.2 Å². The van der Waals surface area contributed by atoms with Gasteiger partial charge in [0.15, 0.2) is 0 Å². The minimum Gasteiger partial charge on any atom is -0.340 e. The maximum absolute atomic E-state index is 12.8. The molecule has 5 nitrogen and oxygen atoms in total. The van der Waals surface area contributed by atoms with E-state index in [0.29, 0.717) is 29.1 Å². The maximum Gasteiger partial charge on any atom is 0.322 e. The minimum atomic E-state index is -0.110. The molecule has 3 heterocycles. The van der Waals surface area contributed by atoms with E-state index in [1.54, 1.807) is 6.07 Å². The van der Waals surface area contributed by atoms with Crippen molar-refractivity contribution in [3.63, 3.8) is 0 Å². The molecule has 1 aromatic rings. The average molecular weight is 362 g/mol. The SMILES string of the molecule is O=C(C1CCC1)N1C[C@@H]2CC[C@H](C1)N(C(=O)Nc1ccccc1Cl)C2. The lowest BCUT2D eigenvalue weighted by Crippen LogP contribution is -2.49. The van der Waals surface area contributed by atoms with Crippen molar-refractivity contribution in [1.82, 2.24) is 9.80 Å². The summed E-state index contributed by atoms with van der Waals surface area (Å²) in [4.78, 5) is 29.4. The number of hydrogen-bond acceptors (Lipinski definition) is 2. The van der Waals surface area contributed by atoms with Crippen molar-refractivity contribution in [2.75, 3.05) is 25.0 Å². The molecule has 2 bridgehead atoms. The number of anilines is 1. The summed E-state index contributed by atoms with van der Waals surface area (Å²) in [5.74, 6) is 0.902. The van der Waals surface area contributed by atoms with Crippen LogP contribution in [-0.2, 0) is 4.79 Å². The number of urea groups is 1. The lowest BCUT2D eigenvalue weighted by molar-refractivity contribution is -0.138. The summed E-state index contributed by atoms with van der Waals surface area (Å²) in [6.45, 7) is 2.18. The number of para-hydroxylation sites is 1. The van der Waals surface area contributed by atoms with E-state index in [2.05, 4.69) is 5.32 Å². The standard InChI is InChI=1S/C19H24ClN3O2/c20-16-6-1-2-7-17(16)21-19(25)23-11-13-8-9-15(23)12-22(10-13)18(24)14-4-3-5-14/h1-2,6-7,13-15H,3-5,8-12H2,(H,21,25)/t13-,15+/m0/s1. The highest BCUT2D eigenvalue weighted by atomic mass is 35.5. The molecule has 4 fully saturated rings. The van der Waals surface area contributed by atoms with Crippen molar-refractivity contribution in [1.29, 1.82) is 0 Å². The zero-order valence-electron chi connectivity index (χ0n) is 14.3. The van der Waals surface area contributed by atoms with Crippen LogP contribution < -0.4 is 5.32 Å². The number of benzene rings is 1. The molecule has 1 N–H and O–H groups in total. The van der Waals surface area contributed by atoms with Crippen LogP contribution in [0.1, 0.15) is 32.1 Å². The highest BCUT2D eigenvalue weighted by molar-refractivity contribution is 6.33. The van der Waals surface area contributed by atoms with Gasteiger partial charge in [-0.15, -0.1) is 0 Å². The van der Waals surface area contributed by atoms with Gasteiger partial charge in [-0.3, -0.25) is 4.79 Å². The van der Waals surface area contributed by atoms with Gasteiger partial charge >= 0.3 is 6.03 Å². The van der Waals surface area contributed by atoms with Crippen LogP contribution in [-0.4, -0.2) is 47.4 Å². The quantitative estimate of drug-likeness (QED) is 0.875. The van der Waals surface area contributed by atoms with E-state index in [-0.39, 0.29) is 18.0 Å². The summed E-state index contributed by atoms with van der Waals surface area (Å²) in [6, 6.07) is 7.27. The lowest BCUT2D eigenvalue weighted by atomic mass is 9.84. The monoisotopic (exact) mass is 361 g/mol. The van der Waals surface area contributed by atoms with E-state index in [1.807, 2.05) is 28.0 Å². The summed E-state index contributed by atoms with van der Waals surface area (Å²) < 4.78 is 0. The topological polar surface area (TPSA) is 52.7 Å². The van der Waals surface area contributed by atoms with E-state index in [4.69, 9.17) is 11.6 Å². The van der Waals surface area contributed by atoms with Gasteiger partial charge in [-0.2, -0.15) is 0 Å². The Hall–Kier alpha value is -1.75. The Morgan fingerprint density at radius 1 is 1.04 bits per heavy atom. The third kappa shape index (κ3) is 3.34. The van der Waals surface area contributed by atoms with Crippen LogP contribution in [0.25, 0.3) is 0 Å². The van der Waals surface area contributed by atoms with E-state index < -0.39 is 0 Å². The second-order valence-electron chi connectivity index (χ2n) is 7.53. The van der Waals surface area contributed by atoms with Crippen molar-refractivity contribution in [2.24, 2.45) is 11.8 Å². The molecule has 0 aromatic heterocycles. The number of carbonyl (C=O) groups is 2. The first-order valence-corrected chi connectivity index (χ1v) is 9.60. The highest BCUT2D eigenvalue weighted by Gasteiger charge is 2.40. The van der Waals surface area contributed by atoms with Gasteiger partial charge in [0, 0.05) is 25.6 Å². The summed E-state index contributed by atoms with van der Waals surface area (Å²) in [7, 11) is 0. The van der Waals surface area contributed by atoms with Crippen molar-refractivity contribution in [3.05, 3.63) is 29.3 Å². The minimum absolute atomic E-state index is 0.102. The number of nitrogens with one attached hydrogen (secondary N) is 1. The molecule has 6 heteroatoms. The molecule has 3 amide bonds. The highest BCUT2D eigenvalue weighted by Crippen LogP contribution is 2.33. The van der Waals surface area contributed by atoms with Crippen LogP contribution in [0.4, 0.5) is 10.5 Å². The smallest absolute Gasteiger partial charge is 0.322 e. The number of nitrogens with zero attached hydrogens (tertiary/aromatic N) is 2. The normalized spacial score (nSPS) is 26.1. The molecule has 1 aliphatic carbocycles. The summed E-state index contributed by atoms with van der Waals surface area (Å²) in [5.41, 5.74) is 0.636. The third-order valence-electron chi connectivity index (χ3n) is 5.86. The number of amides is 3. The first-order chi connectivity index (χ1) is 12.1. The lowest BCUT2D eigenvalue weighted by Gasteiger charge is -2.36. The van der Waals surface area contributed by atoms with Gasteiger partial charge in [0.25, 0.3) is 0 Å². The molecule has 0 spiro atoms. The summed E-state index contributed by atoms with van der Waals surface area (Å²) >= 11 is 6.15. The Labute approximate surface area is 153 Å². The second-order valence-corrected chi connectivity index (χ2v) is 7.94. The van der Waals surface area contributed by atoms with Crippen LogP contribution >= 0.6 is 11.6 Å². The Kier molecular flexibility index (Phi) is 4.59. The molecular weight excluding hydrogens is 338 g/mol. The van der Waals surface area contributed by atoms with Crippen LogP contribution in [0.5, 0.6) is 0 Å². The summed E-state index contributed by atoms with van der Waals surface area (Å²) in [6.07, 6.45) is 5.29. The molecule has 3 saturated heterocycles. The molecular formula is C19H24ClN3O2. The average Bonchev–Trinajstić information content (AvgIpc) is 2.87. The molecule has 0 unspecified atom stereocenters. The molecule has 3 aliphatic heterocycles. The van der Waals surface area contributed by atoms with E-state index in [9.17, 15) is 9.59 Å². The second kappa shape index (κ2) is 6.87. The van der Waals surface area contributed by atoms with Crippen molar-refractivity contribution in [3.8, 4) is 0 Å². The fourth-order valence-corrected chi connectivity index (χ4v) is 4.36. The third-order valence-corrected chi connectivity index (χ3v) is 6.19. The zero-order chi connectivity index (χ0) is 17.4. The largest absolute Gasteiger partial charge is 0.340 e. The predicted octanol–water partition coefficient (Wildman–Crippen LogP) is 3.59. The van der Waals surface area contributed by atoms with Crippen LogP contribution in [0.3, 0.4) is 0 Å². The number of halogens is 1. The van der Waals surface area contributed by atoms with Crippen LogP contribution in [0.15, 0.2) is 24.3 Å². The molecule has 2 atom stereocenters. The Balaban J connectivity index is 1.45. The Bertz CT molecular complexity index is 676. The number of rotatable bonds is 2. The Morgan fingerprint density at radius 3 is 2.56 bits per heavy atom. The molecule has 1 aromatic carbocycles. The molecule has 25 heavy (non-hydrogen) atoms. The van der Waals surface area contributed by atoms with Gasteiger partial charge in [0.2, 0.25) is 5.91 Å². The van der Waals surface area contributed by atoms with Gasteiger partial charge in [-0.1, -0.05) is 30.2 Å². The van der Waals surface area contributed by atoms with Crippen LogP contribution in [0.2, 0.25) is 5.02 Å². The predicted molar refractivity (Wildman–Crippen MR) is 97.6 cm³/mol.